The van der Waals surface area contributed by atoms with E-state index in [0.717, 1.165) is 31.7 Å². The summed E-state index contributed by atoms with van der Waals surface area (Å²) in [6, 6.07) is 5.26. The number of nitrogens with one attached hydrogen (secondary N) is 1. The molecule has 3 nitrogen and oxygen atoms in total. The van der Waals surface area contributed by atoms with Crippen molar-refractivity contribution in [1.82, 2.24) is 10.2 Å². The van der Waals surface area contributed by atoms with E-state index in [1.54, 1.807) is 12.1 Å². The topological polar surface area (TPSA) is 24.5 Å². The molecular formula is C16H27FN2O. The average Bonchev–Trinajstić information content (AvgIpc) is 2.46. The van der Waals surface area contributed by atoms with E-state index < -0.39 is 0 Å². The van der Waals surface area contributed by atoms with Gasteiger partial charge in [0.15, 0.2) is 11.6 Å². The second-order valence-electron chi connectivity index (χ2n) is 5.00. The van der Waals surface area contributed by atoms with Crippen molar-refractivity contribution in [1.29, 1.82) is 0 Å². The van der Waals surface area contributed by atoms with Crippen LogP contribution < -0.4 is 10.1 Å². The number of hydrogen-bond acceptors (Lipinski definition) is 3. The summed E-state index contributed by atoms with van der Waals surface area (Å²) in [5, 5.41) is 3.44. The minimum atomic E-state index is -0.306. The highest BCUT2D eigenvalue weighted by atomic mass is 19.1. The molecule has 4 heteroatoms. The fourth-order valence-corrected chi connectivity index (χ4v) is 2.25. The largest absolute Gasteiger partial charge is 0.494 e. The molecule has 1 N–H and O–H groups in total. The van der Waals surface area contributed by atoms with Gasteiger partial charge in [-0.3, -0.25) is 0 Å². The van der Waals surface area contributed by atoms with Crippen molar-refractivity contribution in [2.24, 2.45) is 0 Å². The molecule has 0 aliphatic carbocycles. The Bertz CT molecular complexity index is 398. The molecule has 0 fully saturated rings. The van der Waals surface area contributed by atoms with Crippen LogP contribution in [0.15, 0.2) is 18.2 Å². The summed E-state index contributed by atoms with van der Waals surface area (Å²) < 4.78 is 18.6. The van der Waals surface area contributed by atoms with Gasteiger partial charge in [-0.2, -0.15) is 0 Å². The van der Waals surface area contributed by atoms with Gasteiger partial charge >= 0.3 is 0 Å². The number of ether oxygens (including phenoxy) is 1. The Morgan fingerprint density at radius 2 is 2.05 bits per heavy atom. The molecule has 0 saturated heterocycles. The first-order valence-corrected chi connectivity index (χ1v) is 7.41. The van der Waals surface area contributed by atoms with E-state index in [2.05, 4.69) is 31.0 Å². The average molecular weight is 282 g/mol. The van der Waals surface area contributed by atoms with Crippen LogP contribution in [0.5, 0.6) is 5.75 Å². The van der Waals surface area contributed by atoms with Crippen molar-refractivity contribution >= 4 is 0 Å². The van der Waals surface area contributed by atoms with E-state index in [4.69, 9.17) is 4.74 Å². The monoisotopic (exact) mass is 282 g/mol. The summed E-state index contributed by atoms with van der Waals surface area (Å²) in [7, 11) is 1.48. The standard InChI is InChI=1S/C16H27FN2O/c1-5-10-19(6-2)11-9-18-13(3)14-7-8-16(20-4)15(17)12-14/h7-8,12-13,18H,5-6,9-11H2,1-4H3. The van der Waals surface area contributed by atoms with Gasteiger partial charge in [0.1, 0.15) is 0 Å². The lowest BCUT2D eigenvalue weighted by Crippen LogP contribution is -2.33. The predicted molar refractivity (Wildman–Crippen MR) is 81.8 cm³/mol. The van der Waals surface area contributed by atoms with Crippen LogP contribution >= 0.6 is 0 Å². The number of methoxy groups -OCH3 is 1. The minimum Gasteiger partial charge on any atom is -0.494 e. The summed E-state index contributed by atoms with van der Waals surface area (Å²) in [6.45, 7) is 10.6. The Morgan fingerprint density at radius 3 is 2.60 bits per heavy atom. The number of benzene rings is 1. The maximum atomic E-state index is 13.7. The molecular weight excluding hydrogens is 255 g/mol. The second kappa shape index (κ2) is 8.93. The van der Waals surface area contributed by atoms with E-state index in [0.29, 0.717) is 5.75 Å². The van der Waals surface area contributed by atoms with Gasteiger partial charge in [0.2, 0.25) is 0 Å². The summed E-state index contributed by atoms with van der Waals surface area (Å²) >= 11 is 0. The highest BCUT2D eigenvalue weighted by Gasteiger charge is 2.09. The van der Waals surface area contributed by atoms with Gasteiger partial charge < -0.3 is 15.0 Å². The third kappa shape index (κ3) is 5.10. The van der Waals surface area contributed by atoms with Crippen LogP contribution in [-0.2, 0) is 0 Å². The molecule has 1 atom stereocenters. The summed E-state index contributed by atoms with van der Waals surface area (Å²) in [6.07, 6.45) is 1.17. The van der Waals surface area contributed by atoms with Gasteiger partial charge in [-0.25, -0.2) is 4.39 Å². The van der Waals surface area contributed by atoms with Gasteiger partial charge in [-0.05, 0) is 44.1 Å². The number of halogens is 1. The van der Waals surface area contributed by atoms with Gasteiger partial charge in [-0.15, -0.1) is 0 Å². The van der Waals surface area contributed by atoms with Crippen LogP contribution in [0.1, 0.15) is 38.8 Å². The first-order chi connectivity index (χ1) is 9.62. The SMILES string of the molecule is CCCN(CC)CCNC(C)c1ccc(OC)c(F)c1. The molecule has 0 aliphatic rings. The van der Waals surface area contributed by atoms with Crippen molar-refractivity contribution in [3.05, 3.63) is 29.6 Å². The van der Waals surface area contributed by atoms with Gasteiger partial charge in [0.05, 0.1) is 7.11 Å². The van der Waals surface area contributed by atoms with Crippen LogP contribution in [0.2, 0.25) is 0 Å². The fourth-order valence-electron chi connectivity index (χ4n) is 2.25. The maximum Gasteiger partial charge on any atom is 0.165 e. The van der Waals surface area contributed by atoms with Crippen LogP contribution in [0.3, 0.4) is 0 Å². The zero-order chi connectivity index (χ0) is 15.0. The third-order valence-electron chi connectivity index (χ3n) is 3.54. The summed E-state index contributed by atoms with van der Waals surface area (Å²) in [4.78, 5) is 2.41. The lowest BCUT2D eigenvalue weighted by atomic mass is 10.1. The Labute approximate surface area is 122 Å². The molecule has 1 aromatic rings. The van der Waals surface area contributed by atoms with E-state index in [1.807, 2.05) is 6.07 Å². The molecule has 0 heterocycles. The summed E-state index contributed by atoms with van der Waals surface area (Å²) in [5.41, 5.74) is 0.946. The van der Waals surface area contributed by atoms with Gasteiger partial charge in [0.25, 0.3) is 0 Å². The van der Waals surface area contributed by atoms with E-state index in [-0.39, 0.29) is 11.9 Å². The molecule has 0 aliphatic heterocycles. The van der Waals surface area contributed by atoms with Gasteiger partial charge in [-0.1, -0.05) is 19.9 Å². The Kier molecular flexibility index (Phi) is 7.55. The zero-order valence-corrected chi connectivity index (χ0v) is 13.1. The Morgan fingerprint density at radius 1 is 1.30 bits per heavy atom. The predicted octanol–water partition coefficient (Wildman–Crippen LogP) is 3.22. The lowest BCUT2D eigenvalue weighted by Gasteiger charge is -2.21. The summed E-state index contributed by atoms with van der Waals surface area (Å²) in [5.74, 6) is -0.0131. The van der Waals surface area contributed by atoms with Crippen molar-refractivity contribution in [2.75, 3.05) is 33.3 Å². The van der Waals surface area contributed by atoms with Crippen LogP contribution in [0.25, 0.3) is 0 Å². The normalized spacial score (nSPS) is 12.7. The van der Waals surface area contributed by atoms with E-state index >= 15 is 0 Å². The zero-order valence-electron chi connectivity index (χ0n) is 13.1. The van der Waals surface area contributed by atoms with E-state index in [1.165, 1.54) is 13.5 Å². The number of rotatable bonds is 9. The minimum absolute atomic E-state index is 0.135. The quantitative estimate of drug-likeness (QED) is 0.752. The second-order valence-corrected chi connectivity index (χ2v) is 5.00. The number of nitrogens with zero attached hydrogens (tertiary/aromatic N) is 1. The Hall–Kier alpha value is -1.13. The molecule has 0 saturated carbocycles. The molecule has 1 rings (SSSR count). The van der Waals surface area contributed by atoms with Crippen LogP contribution in [0.4, 0.5) is 4.39 Å². The molecule has 114 valence electrons. The van der Waals surface area contributed by atoms with Crippen molar-refractivity contribution in [2.45, 2.75) is 33.2 Å². The molecule has 0 bridgehead atoms. The van der Waals surface area contributed by atoms with Crippen molar-refractivity contribution in [3.63, 3.8) is 0 Å². The molecule has 1 aromatic carbocycles. The first kappa shape index (κ1) is 16.9. The lowest BCUT2D eigenvalue weighted by molar-refractivity contribution is 0.284. The molecule has 1 unspecified atom stereocenters. The van der Waals surface area contributed by atoms with Gasteiger partial charge in [0, 0.05) is 19.1 Å². The van der Waals surface area contributed by atoms with Crippen molar-refractivity contribution in [3.8, 4) is 5.75 Å². The van der Waals surface area contributed by atoms with Crippen LogP contribution in [-0.4, -0.2) is 38.2 Å². The van der Waals surface area contributed by atoms with Crippen LogP contribution in [0, 0.1) is 5.82 Å². The molecule has 0 aromatic heterocycles. The molecule has 0 radical (unpaired) electrons. The Balaban J connectivity index is 2.46. The number of likely N-dealkylation sites (N-methyl/N-ethyl adjacent to an activating group) is 1. The van der Waals surface area contributed by atoms with Crippen molar-refractivity contribution < 1.29 is 9.13 Å². The highest BCUT2D eigenvalue weighted by molar-refractivity contribution is 5.30. The third-order valence-corrected chi connectivity index (χ3v) is 3.54. The maximum absolute atomic E-state index is 13.7. The first-order valence-electron chi connectivity index (χ1n) is 7.41. The number of hydrogen-bond donors (Lipinski definition) is 1. The smallest absolute Gasteiger partial charge is 0.165 e. The fraction of sp³-hybridized carbons (Fsp3) is 0.625. The molecule has 20 heavy (non-hydrogen) atoms. The highest BCUT2D eigenvalue weighted by Crippen LogP contribution is 2.21. The molecule has 0 amide bonds. The molecule has 0 spiro atoms. The van der Waals surface area contributed by atoms with E-state index in [9.17, 15) is 4.39 Å².